The number of nitrogens with zero attached hydrogens (tertiary/aromatic N) is 2. The number of amides is 1. The van der Waals surface area contributed by atoms with E-state index in [0.29, 0.717) is 12.3 Å². The van der Waals surface area contributed by atoms with E-state index in [-0.39, 0.29) is 35.3 Å². The average molecular weight is 426 g/mol. The van der Waals surface area contributed by atoms with Gasteiger partial charge in [-0.3, -0.25) is 14.4 Å². The summed E-state index contributed by atoms with van der Waals surface area (Å²) in [6.07, 6.45) is 4.39. The van der Waals surface area contributed by atoms with Crippen molar-refractivity contribution in [2.24, 2.45) is 5.92 Å². The zero-order valence-corrected chi connectivity index (χ0v) is 18.9. The van der Waals surface area contributed by atoms with E-state index in [1.54, 1.807) is 6.20 Å². The molecule has 31 heavy (non-hydrogen) atoms. The number of nitrogens with one attached hydrogen (secondary N) is 1. The first-order valence-electron chi connectivity index (χ1n) is 10.9. The highest BCUT2D eigenvalue weighted by atomic mass is 16.5. The molecule has 3 rings (SSSR count). The van der Waals surface area contributed by atoms with Gasteiger partial charge in [-0.1, -0.05) is 27.2 Å². The van der Waals surface area contributed by atoms with Crippen molar-refractivity contribution in [1.29, 1.82) is 0 Å². The fourth-order valence-electron chi connectivity index (χ4n) is 3.84. The van der Waals surface area contributed by atoms with Crippen LogP contribution in [0, 0.1) is 12.8 Å². The third-order valence-corrected chi connectivity index (χ3v) is 5.62. The molecule has 0 bridgehead atoms. The Kier molecular flexibility index (Phi) is 6.93. The molecule has 1 aliphatic rings. The summed E-state index contributed by atoms with van der Waals surface area (Å²) in [6.45, 7) is 10.2. The minimum Gasteiger partial charge on any atom is -0.492 e. The number of carbonyl (C=O) groups is 2. The highest BCUT2D eigenvalue weighted by Gasteiger charge is 2.29. The maximum Gasteiger partial charge on any atom is 0.257 e. The fraction of sp³-hybridized carbons (Fsp3) is 0.500. The molecule has 0 spiro atoms. The van der Waals surface area contributed by atoms with E-state index in [4.69, 9.17) is 9.72 Å². The molecule has 0 saturated heterocycles. The number of ether oxygens (including phenoxy) is 1. The third-order valence-electron chi connectivity index (χ3n) is 5.62. The second kappa shape index (κ2) is 9.45. The Morgan fingerprint density at radius 2 is 2.06 bits per heavy atom. The number of ketones is 1. The molecule has 0 aliphatic carbocycles. The van der Waals surface area contributed by atoms with Gasteiger partial charge in [-0.05, 0) is 44.2 Å². The van der Waals surface area contributed by atoms with Crippen LogP contribution in [-0.4, -0.2) is 34.4 Å². The molecule has 0 fully saturated rings. The van der Waals surface area contributed by atoms with Gasteiger partial charge in [0.2, 0.25) is 0 Å². The lowest BCUT2D eigenvalue weighted by molar-refractivity contribution is -0.116. The smallest absolute Gasteiger partial charge is 0.257 e. The van der Waals surface area contributed by atoms with Gasteiger partial charge in [0.15, 0.2) is 5.43 Å². The summed E-state index contributed by atoms with van der Waals surface area (Å²) >= 11 is 0. The molecule has 166 valence electrons. The quantitative estimate of drug-likeness (QED) is 0.654. The number of Topliss-reactive ketones (excluding diaryl/α,β-unsaturated/α-hetero) is 1. The molecule has 3 heterocycles. The van der Waals surface area contributed by atoms with E-state index in [1.165, 1.54) is 13.0 Å². The monoisotopic (exact) mass is 425 g/mol. The Morgan fingerprint density at radius 1 is 1.32 bits per heavy atom. The van der Waals surface area contributed by atoms with Gasteiger partial charge in [0, 0.05) is 18.3 Å². The van der Waals surface area contributed by atoms with Crippen LogP contribution in [0.2, 0.25) is 0 Å². The minimum atomic E-state index is -0.535. The van der Waals surface area contributed by atoms with E-state index >= 15 is 0 Å². The third kappa shape index (κ3) is 4.86. The molecule has 0 radical (unpaired) electrons. The summed E-state index contributed by atoms with van der Waals surface area (Å²) in [7, 11) is 0. The number of fused-ring (bicyclic) bond motifs is 3. The predicted molar refractivity (Wildman–Crippen MR) is 120 cm³/mol. The molecule has 7 heteroatoms. The molecule has 7 nitrogen and oxygen atoms in total. The van der Waals surface area contributed by atoms with Gasteiger partial charge in [-0.15, -0.1) is 0 Å². The lowest BCUT2D eigenvalue weighted by Crippen LogP contribution is -2.34. The lowest BCUT2D eigenvalue weighted by atomic mass is 9.89. The van der Waals surface area contributed by atoms with E-state index in [2.05, 4.69) is 26.1 Å². The molecule has 1 aliphatic heterocycles. The van der Waals surface area contributed by atoms with Gasteiger partial charge in [-0.2, -0.15) is 0 Å². The highest BCUT2D eigenvalue weighted by molar-refractivity contribution is 5.96. The van der Waals surface area contributed by atoms with Crippen LogP contribution in [-0.2, 0) is 11.2 Å². The molecule has 2 aromatic heterocycles. The second-order valence-electron chi connectivity index (χ2n) is 8.53. The molecule has 0 unspecified atom stereocenters. The van der Waals surface area contributed by atoms with E-state index in [1.807, 2.05) is 17.6 Å². The number of aromatic nitrogens is 2. The fourth-order valence-corrected chi connectivity index (χ4v) is 3.84. The minimum absolute atomic E-state index is 0.0374. The zero-order chi connectivity index (χ0) is 22.7. The van der Waals surface area contributed by atoms with Crippen molar-refractivity contribution in [2.75, 3.05) is 13.2 Å². The van der Waals surface area contributed by atoms with Gasteiger partial charge in [0.1, 0.15) is 17.1 Å². The van der Waals surface area contributed by atoms with Crippen LogP contribution in [0.3, 0.4) is 0 Å². The summed E-state index contributed by atoms with van der Waals surface area (Å²) in [4.78, 5) is 41.2. The molecular formula is C24H31N3O4. The first-order chi connectivity index (χ1) is 14.7. The van der Waals surface area contributed by atoms with Gasteiger partial charge < -0.3 is 14.6 Å². The highest BCUT2D eigenvalue weighted by Crippen LogP contribution is 2.38. The molecule has 2 aromatic rings. The van der Waals surface area contributed by atoms with Crippen LogP contribution in [0.4, 0.5) is 0 Å². The number of hydrogen-bond donors (Lipinski definition) is 1. The number of carbonyl (C=O) groups excluding carboxylic acids is 2. The average Bonchev–Trinajstić information content (AvgIpc) is 2.71. The van der Waals surface area contributed by atoms with Crippen molar-refractivity contribution in [3.63, 3.8) is 0 Å². The van der Waals surface area contributed by atoms with Crippen LogP contribution < -0.4 is 15.5 Å². The number of pyridine rings is 2. The van der Waals surface area contributed by atoms with Crippen LogP contribution in [0.5, 0.6) is 5.75 Å². The van der Waals surface area contributed by atoms with Crippen molar-refractivity contribution in [3.05, 3.63) is 45.4 Å². The first kappa shape index (κ1) is 22.7. The van der Waals surface area contributed by atoms with Crippen molar-refractivity contribution in [3.8, 4) is 17.1 Å². The Bertz CT molecular complexity index is 1060. The number of unbranched alkanes of at least 4 members (excludes halogenated alkanes) is 1. The molecular weight excluding hydrogens is 394 g/mol. The Morgan fingerprint density at radius 3 is 2.71 bits per heavy atom. The van der Waals surface area contributed by atoms with Gasteiger partial charge >= 0.3 is 0 Å². The van der Waals surface area contributed by atoms with E-state index < -0.39 is 5.91 Å². The Labute approximate surface area is 182 Å². The van der Waals surface area contributed by atoms with Crippen LogP contribution in [0.1, 0.15) is 68.2 Å². The summed E-state index contributed by atoms with van der Waals surface area (Å²) in [5.74, 6) is 0.351. The topological polar surface area (TPSA) is 90.3 Å². The number of hydrogen-bond acceptors (Lipinski definition) is 5. The van der Waals surface area contributed by atoms with Gasteiger partial charge in [-0.25, -0.2) is 4.98 Å². The Balaban J connectivity index is 2.06. The Hall–Kier alpha value is -2.96. The first-order valence-corrected chi connectivity index (χ1v) is 10.9. The van der Waals surface area contributed by atoms with Crippen LogP contribution in [0.15, 0.2) is 23.1 Å². The summed E-state index contributed by atoms with van der Waals surface area (Å²) in [5.41, 5.74) is 2.94. The molecule has 1 N–H and O–H groups in total. The van der Waals surface area contributed by atoms with E-state index in [0.717, 1.165) is 42.0 Å². The van der Waals surface area contributed by atoms with Gasteiger partial charge in [0.25, 0.3) is 5.91 Å². The predicted octanol–water partition coefficient (Wildman–Crippen LogP) is 3.47. The molecule has 1 amide bonds. The standard InChI is InChI=1S/C24H31N3O4/c1-6-7-8-31-22-10-17-9-19(14(2)3)27-13-18(24(30)25-12-15(4)28)21(29)11-20(27)23(17)26-16(22)5/h10-11,13-14,19H,6-9,12H2,1-5H3,(H,25,30)/t19-/m0/s1. The summed E-state index contributed by atoms with van der Waals surface area (Å²) in [5, 5.41) is 2.52. The van der Waals surface area contributed by atoms with Crippen LogP contribution in [0.25, 0.3) is 11.4 Å². The summed E-state index contributed by atoms with van der Waals surface area (Å²) < 4.78 is 7.92. The van der Waals surface area contributed by atoms with Crippen molar-refractivity contribution >= 4 is 11.7 Å². The van der Waals surface area contributed by atoms with E-state index in [9.17, 15) is 14.4 Å². The van der Waals surface area contributed by atoms with Crippen molar-refractivity contribution < 1.29 is 14.3 Å². The van der Waals surface area contributed by atoms with Crippen molar-refractivity contribution in [2.45, 2.75) is 59.9 Å². The normalized spacial score (nSPS) is 14.7. The maximum absolute atomic E-state index is 12.8. The molecule has 0 saturated carbocycles. The molecule has 1 atom stereocenters. The number of aryl methyl sites for hydroxylation is 1. The van der Waals surface area contributed by atoms with Gasteiger partial charge in [0.05, 0.1) is 30.2 Å². The lowest BCUT2D eigenvalue weighted by Gasteiger charge is -2.33. The van der Waals surface area contributed by atoms with Crippen LogP contribution >= 0.6 is 0 Å². The van der Waals surface area contributed by atoms with Crippen molar-refractivity contribution in [1.82, 2.24) is 14.9 Å². The second-order valence-corrected chi connectivity index (χ2v) is 8.53. The molecule has 0 aromatic carbocycles. The number of rotatable bonds is 8. The SMILES string of the molecule is CCCCOc1cc2c(nc1C)-c1cc(=O)c(C(=O)NCC(C)=O)cn1[C@H](C(C)C)C2. The maximum atomic E-state index is 12.8. The zero-order valence-electron chi connectivity index (χ0n) is 18.9. The summed E-state index contributed by atoms with van der Waals surface area (Å²) in [6, 6.07) is 3.60. The largest absolute Gasteiger partial charge is 0.492 e.